The summed E-state index contributed by atoms with van der Waals surface area (Å²) in [6.07, 6.45) is -0.814. The first kappa shape index (κ1) is 24.0. The third-order valence-electron chi connectivity index (χ3n) is 6.04. The summed E-state index contributed by atoms with van der Waals surface area (Å²) in [6, 6.07) is 11.4. The van der Waals surface area contributed by atoms with Gasteiger partial charge in [0.1, 0.15) is 5.54 Å². The smallest absolute Gasteiger partial charge is 0.385 e. The van der Waals surface area contributed by atoms with Gasteiger partial charge in [-0.15, -0.1) is 0 Å². The summed E-state index contributed by atoms with van der Waals surface area (Å²) in [7, 11) is 0. The minimum atomic E-state index is -4.80. The number of halogens is 3. The van der Waals surface area contributed by atoms with Gasteiger partial charge in [0.25, 0.3) is 5.91 Å². The number of pyridine rings is 1. The summed E-state index contributed by atoms with van der Waals surface area (Å²) >= 11 is 0. The van der Waals surface area contributed by atoms with Gasteiger partial charge < -0.3 is 10.2 Å². The molecule has 35 heavy (non-hydrogen) atoms. The van der Waals surface area contributed by atoms with Crippen LogP contribution in [0.15, 0.2) is 54.9 Å². The second-order valence-corrected chi connectivity index (χ2v) is 8.69. The Kier molecular flexibility index (Phi) is 6.11. The molecule has 2 aromatic carbocycles. The van der Waals surface area contributed by atoms with Crippen molar-refractivity contribution < 1.29 is 22.8 Å². The van der Waals surface area contributed by atoms with E-state index >= 15 is 0 Å². The normalized spacial score (nSPS) is 15.5. The van der Waals surface area contributed by atoms with Crippen molar-refractivity contribution in [3.05, 3.63) is 66.0 Å². The highest BCUT2D eigenvalue weighted by molar-refractivity contribution is 6.23. The van der Waals surface area contributed by atoms with Crippen LogP contribution >= 0.6 is 0 Å². The van der Waals surface area contributed by atoms with E-state index < -0.39 is 34.8 Å². The Morgan fingerprint density at radius 3 is 2.57 bits per heavy atom. The van der Waals surface area contributed by atoms with Crippen LogP contribution in [0.2, 0.25) is 0 Å². The van der Waals surface area contributed by atoms with Crippen molar-refractivity contribution in [3.63, 3.8) is 0 Å². The maximum atomic E-state index is 13.4. The molecule has 0 aliphatic carbocycles. The number of hydrogen-bond donors (Lipinski definition) is 1. The number of hydrogen-bond acceptors (Lipinski definition) is 5. The topological polar surface area (TPSA) is 89.3 Å². The van der Waals surface area contributed by atoms with Crippen LogP contribution in [-0.2, 0) is 11.0 Å². The minimum Gasteiger partial charge on any atom is -0.385 e. The number of nitriles is 1. The molecule has 1 saturated heterocycles. The summed E-state index contributed by atoms with van der Waals surface area (Å²) in [5.74, 6) is -0.629. The van der Waals surface area contributed by atoms with Gasteiger partial charge in [0.15, 0.2) is 0 Å². The minimum absolute atomic E-state index is 0.218. The van der Waals surface area contributed by atoms with E-state index in [1.165, 1.54) is 17.0 Å². The van der Waals surface area contributed by atoms with Crippen LogP contribution in [0.4, 0.5) is 29.3 Å². The highest BCUT2D eigenvalue weighted by atomic mass is 19.4. The van der Waals surface area contributed by atoms with Crippen molar-refractivity contribution in [1.82, 2.24) is 9.88 Å². The van der Waals surface area contributed by atoms with Gasteiger partial charge in [0, 0.05) is 36.6 Å². The molecule has 10 heteroatoms. The standard InChI is InChI=1S/C25H22F3N5O2/c1-24(2)22(34)33(20-7-5-17(14-29)21(13-20)25(26,27)28)23(35)32(24)11-3-9-31-19-6-4-16-8-10-30-15-18(16)12-19/h4-8,10,12-13,15,31H,3,9,11H2,1-2H3. The van der Waals surface area contributed by atoms with Crippen LogP contribution in [-0.4, -0.2) is 40.5 Å². The molecule has 1 N–H and O–H groups in total. The molecule has 4 rings (SSSR count). The van der Waals surface area contributed by atoms with Crippen LogP contribution in [0.1, 0.15) is 31.4 Å². The summed E-state index contributed by atoms with van der Waals surface area (Å²) in [4.78, 5) is 32.4. The zero-order valence-corrected chi connectivity index (χ0v) is 19.1. The van der Waals surface area contributed by atoms with Crippen LogP contribution in [0, 0.1) is 11.3 Å². The fourth-order valence-corrected chi connectivity index (χ4v) is 4.11. The van der Waals surface area contributed by atoms with Crippen molar-refractivity contribution in [2.75, 3.05) is 23.3 Å². The van der Waals surface area contributed by atoms with E-state index in [1.807, 2.05) is 24.3 Å². The molecule has 1 aliphatic heterocycles. The second-order valence-electron chi connectivity index (χ2n) is 8.69. The van der Waals surface area contributed by atoms with Gasteiger partial charge in [-0.05, 0) is 62.1 Å². The second kappa shape index (κ2) is 8.91. The van der Waals surface area contributed by atoms with Crippen LogP contribution in [0.5, 0.6) is 0 Å². The number of carbonyl (C=O) groups is 2. The van der Waals surface area contributed by atoms with Crippen LogP contribution < -0.4 is 10.2 Å². The van der Waals surface area contributed by atoms with E-state index in [0.717, 1.165) is 27.4 Å². The van der Waals surface area contributed by atoms with Gasteiger partial charge >= 0.3 is 12.2 Å². The Labute approximate surface area is 199 Å². The van der Waals surface area contributed by atoms with Gasteiger partial charge in [-0.25, -0.2) is 9.69 Å². The van der Waals surface area contributed by atoms with E-state index in [-0.39, 0.29) is 12.2 Å². The molecule has 3 aromatic rings. The van der Waals surface area contributed by atoms with Gasteiger partial charge in [-0.3, -0.25) is 9.78 Å². The Morgan fingerprint density at radius 1 is 1.09 bits per heavy atom. The number of anilines is 2. The maximum absolute atomic E-state index is 13.4. The number of urea groups is 1. The molecule has 1 aliphatic rings. The molecular weight excluding hydrogens is 459 g/mol. The molecule has 0 spiro atoms. The van der Waals surface area contributed by atoms with Crippen molar-refractivity contribution >= 4 is 34.1 Å². The maximum Gasteiger partial charge on any atom is 0.417 e. The Bertz CT molecular complexity index is 1350. The van der Waals surface area contributed by atoms with E-state index in [2.05, 4.69) is 10.3 Å². The molecule has 1 aromatic heterocycles. The number of amides is 3. The molecule has 2 heterocycles. The predicted molar refractivity (Wildman–Crippen MR) is 125 cm³/mol. The lowest BCUT2D eigenvalue weighted by molar-refractivity contribution is -0.137. The number of carbonyl (C=O) groups excluding carboxylic acids is 2. The summed E-state index contributed by atoms with van der Waals surface area (Å²) in [6.45, 7) is 3.85. The third-order valence-corrected chi connectivity index (χ3v) is 6.04. The quantitative estimate of drug-likeness (QED) is 0.387. The van der Waals surface area contributed by atoms with E-state index in [4.69, 9.17) is 5.26 Å². The Morgan fingerprint density at radius 2 is 1.86 bits per heavy atom. The van der Waals surface area contributed by atoms with Gasteiger partial charge in [0.2, 0.25) is 0 Å². The van der Waals surface area contributed by atoms with Gasteiger partial charge in [0.05, 0.1) is 22.9 Å². The molecule has 0 unspecified atom stereocenters. The summed E-state index contributed by atoms with van der Waals surface area (Å²) in [5, 5.41) is 14.3. The Balaban J connectivity index is 1.47. The lowest BCUT2D eigenvalue weighted by Gasteiger charge is -2.27. The average molecular weight is 481 g/mol. The number of aromatic nitrogens is 1. The first-order valence-corrected chi connectivity index (χ1v) is 10.9. The zero-order valence-electron chi connectivity index (χ0n) is 19.1. The SMILES string of the molecule is CC1(C)C(=O)N(c2ccc(C#N)c(C(F)(F)F)c2)C(=O)N1CCCNc1ccc2ccncc2c1. The molecule has 180 valence electrons. The molecular formula is C25H22F3N5O2. The first-order chi connectivity index (χ1) is 16.5. The van der Waals surface area contributed by atoms with E-state index in [9.17, 15) is 22.8 Å². The fourth-order valence-electron chi connectivity index (χ4n) is 4.11. The fraction of sp³-hybridized carbons (Fsp3) is 0.280. The number of rotatable bonds is 6. The highest BCUT2D eigenvalue weighted by Gasteiger charge is 2.51. The van der Waals surface area contributed by atoms with Crippen molar-refractivity contribution in [1.29, 1.82) is 5.26 Å². The number of imide groups is 1. The lowest BCUT2D eigenvalue weighted by Crippen LogP contribution is -2.45. The third kappa shape index (κ3) is 4.49. The number of nitrogens with one attached hydrogen (secondary N) is 1. The van der Waals surface area contributed by atoms with Gasteiger partial charge in [-0.2, -0.15) is 18.4 Å². The first-order valence-electron chi connectivity index (χ1n) is 10.9. The van der Waals surface area contributed by atoms with Crippen LogP contribution in [0.3, 0.4) is 0 Å². The molecule has 0 atom stereocenters. The lowest BCUT2D eigenvalue weighted by atomic mass is 10.0. The van der Waals surface area contributed by atoms with Gasteiger partial charge in [-0.1, -0.05) is 6.07 Å². The average Bonchev–Trinajstić information content (AvgIpc) is 2.99. The predicted octanol–water partition coefficient (Wildman–Crippen LogP) is 5.17. The molecule has 0 radical (unpaired) electrons. The molecule has 0 saturated carbocycles. The number of nitrogens with zero attached hydrogens (tertiary/aromatic N) is 4. The summed E-state index contributed by atoms with van der Waals surface area (Å²) in [5.41, 5.74) is -2.34. The monoisotopic (exact) mass is 481 g/mol. The van der Waals surface area contributed by atoms with E-state index in [1.54, 1.807) is 26.2 Å². The summed E-state index contributed by atoms with van der Waals surface area (Å²) < 4.78 is 40.2. The van der Waals surface area contributed by atoms with Crippen molar-refractivity contribution in [2.24, 2.45) is 0 Å². The molecule has 0 bridgehead atoms. The molecule has 1 fully saturated rings. The Hall–Kier alpha value is -4.13. The number of alkyl halides is 3. The van der Waals surface area contributed by atoms with Crippen molar-refractivity contribution in [3.8, 4) is 6.07 Å². The van der Waals surface area contributed by atoms with Crippen molar-refractivity contribution in [2.45, 2.75) is 32.0 Å². The molecule has 7 nitrogen and oxygen atoms in total. The molecule has 3 amide bonds. The zero-order chi connectivity index (χ0) is 25.4. The number of benzene rings is 2. The largest absolute Gasteiger partial charge is 0.417 e. The number of fused-ring (bicyclic) bond motifs is 1. The van der Waals surface area contributed by atoms with E-state index in [0.29, 0.717) is 19.0 Å². The highest BCUT2D eigenvalue weighted by Crippen LogP contribution is 2.37. The van der Waals surface area contributed by atoms with Crippen LogP contribution in [0.25, 0.3) is 10.8 Å².